The molecule has 0 fully saturated rings. The third-order valence-corrected chi connectivity index (χ3v) is 3.50. The number of halogens is 4. The molecule has 106 valence electrons. The lowest BCUT2D eigenvalue weighted by Crippen LogP contribution is -2.61. The summed E-state index contributed by atoms with van der Waals surface area (Å²) >= 11 is 3.27. The molecule has 0 spiro atoms. The number of hydrogen-bond acceptors (Lipinski definition) is 2. The summed E-state index contributed by atoms with van der Waals surface area (Å²) < 4.78 is 38.6. The number of carbonyl (C=O) groups excluding carboxylic acids is 1. The van der Waals surface area contributed by atoms with E-state index in [2.05, 4.69) is 21.2 Å². The van der Waals surface area contributed by atoms with Crippen LogP contribution in [0.2, 0.25) is 0 Å². The fourth-order valence-corrected chi connectivity index (χ4v) is 2.01. The predicted octanol–water partition coefficient (Wildman–Crippen LogP) is 2.91. The Balaban J connectivity index is 2.87. The molecule has 2 atom stereocenters. The first-order valence-electron chi connectivity index (χ1n) is 5.48. The average Bonchev–Trinajstić information content (AvgIpc) is 2.27. The van der Waals surface area contributed by atoms with E-state index in [-0.39, 0.29) is 0 Å². The maximum atomic E-state index is 12.6. The lowest BCUT2D eigenvalue weighted by Gasteiger charge is -2.28. The molecule has 0 aliphatic heterocycles. The number of nitrogens with two attached hydrogens (primary N) is 1. The Bertz CT molecular complexity index is 474. The molecule has 3 N–H and O–H groups in total. The summed E-state index contributed by atoms with van der Waals surface area (Å²) in [7, 11) is 0. The van der Waals surface area contributed by atoms with Gasteiger partial charge < -0.3 is 11.1 Å². The van der Waals surface area contributed by atoms with Crippen molar-refractivity contribution in [2.45, 2.75) is 31.6 Å². The van der Waals surface area contributed by atoms with Crippen LogP contribution in [0.15, 0.2) is 28.7 Å². The topological polar surface area (TPSA) is 55.1 Å². The summed E-state index contributed by atoms with van der Waals surface area (Å²) in [6, 6.07) is 6.35. The van der Waals surface area contributed by atoms with Gasteiger partial charge in [-0.3, -0.25) is 4.79 Å². The van der Waals surface area contributed by atoms with Gasteiger partial charge >= 0.3 is 6.18 Å². The molecule has 0 aliphatic carbocycles. The Morgan fingerprint density at radius 2 is 1.89 bits per heavy atom. The molecule has 3 nitrogen and oxygen atoms in total. The zero-order valence-electron chi connectivity index (χ0n) is 10.4. The standard InChI is InChI=1S/C12H14BrF3N2O/c1-7(8-5-3-4-6-9(8)13)18-10(19)11(2,17)12(14,15)16/h3-7H,17H2,1-2H3,(H,18,19)/t7-,11?/m1/s1. The first-order valence-corrected chi connectivity index (χ1v) is 6.27. The third-order valence-electron chi connectivity index (χ3n) is 2.78. The first kappa shape index (κ1) is 16.0. The molecule has 7 heteroatoms. The Labute approximate surface area is 117 Å². The largest absolute Gasteiger partial charge is 0.415 e. The SMILES string of the molecule is C[C@@H](NC(=O)C(C)(N)C(F)(F)F)c1ccccc1Br. The zero-order chi connectivity index (χ0) is 14.8. The normalized spacial score (nSPS) is 16.6. The van der Waals surface area contributed by atoms with Crippen LogP contribution in [0.3, 0.4) is 0 Å². The van der Waals surface area contributed by atoms with E-state index < -0.39 is 23.7 Å². The fraction of sp³-hybridized carbons (Fsp3) is 0.417. The van der Waals surface area contributed by atoms with Gasteiger partial charge in [0.2, 0.25) is 5.91 Å². The van der Waals surface area contributed by atoms with Crippen LogP contribution in [-0.4, -0.2) is 17.6 Å². The molecule has 1 aromatic carbocycles. The number of nitrogens with one attached hydrogen (secondary N) is 1. The van der Waals surface area contributed by atoms with Crippen LogP contribution in [0.4, 0.5) is 13.2 Å². The molecule has 0 saturated heterocycles. The second-order valence-electron chi connectivity index (χ2n) is 4.42. The molecule has 1 unspecified atom stereocenters. The van der Waals surface area contributed by atoms with Gasteiger partial charge in [-0.15, -0.1) is 0 Å². The van der Waals surface area contributed by atoms with Gasteiger partial charge in [0.15, 0.2) is 5.54 Å². The molecule has 0 radical (unpaired) electrons. The number of alkyl halides is 3. The lowest BCUT2D eigenvalue weighted by atomic mass is 10.0. The van der Waals surface area contributed by atoms with E-state index in [1.807, 2.05) is 0 Å². The van der Waals surface area contributed by atoms with Crippen molar-refractivity contribution in [1.82, 2.24) is 5.32 Å². The zero-order valence-corrected chi connectivity index (χ0v) is 12.0. The van der Waals surface area contributed by atoms with Crippen molar-refractivity contribution in [3.05, 3.63) is 34.3 Å². The van der Waals surface area contributed by atoms with Gasteiger partial charge in [-0.1, -0.05) is 34.1 Å². The van der Waals surface area contributed by atoms with Gasteiger partial charge in [-0.2, -0.15) is 13.2 Å². The quantitative estimate of drug-likeness (QED) is 0.890. The van der Waals surface area contributed by atoms with E-state index in [1.165, 1.54) is 0 Å². The molecule has 1 amide bonds. The minimum absolute atomic E-state index is 0.590. The molecule has 0 bridgehead atoms. The highest BCUT2D eigenvalue weighted by atomic mass is 79.9. The minimum Gasteiger partial charge on any atom is -0.348 e. The minimum atomic E-state index is -4.80. The van der Waals surface area contributed by atoms with E-state index >= 15 is 0 Å². The third kappa shape index (κ3) is 3.48. The molecular formula is C12H14BrF3N2O. The number of amides is 1. The predicted molar refractivity (Wildman–Crippen MR) is 69.3 cm³/mol. The molecule has 0 aromatic heterocycles. The monoisotopic (exact) mass is 338 g/mol. The first-order chi connectivity index (χ1) is 8.57. The van der Waals surface area contributed by atoms with Crippen molar-refractivity contribution in [2.75, 3.05) is 0 Å². The van der Waals surface area contributed by atoms with Crippen LogP contribution in [0.25, 0.3) is 0 Å². The number of hydrogen-bond donors (Lipinski definition) is 2. The molecule has 0 saturated carbocycles. The van der Waals surface area contributed by atoms with Crippen LogP contribution in [0, 0.1) is 0 Å². The second-order valence-corrected chi connectivity index (χ2v) is 5.27. The van der Waals surface area contributed by atoms with Crippen LogP contribution in [0.1, 0.15) is 25.5 Å². The van der Waals surface area contributed by atoms with E-state index in [9.17, 15) is 18.0 Å². The lowest BCUT2D eigenvalue weighted by molar-refractivity contribution is -0.187. The average molecular weight is 339 g/mol. The molecule has 19 heavy (non-hydrogen) atoms. The van der Waals surface area contributed by atoms with E-state index in [0.717, 1.165) is 0 Å². The Morgan fingerprint density at radius 3 is 2.37 bits per heavy atom. The van der Waals surface area contributed by atoms with Crippen LogP contribution < -0.4 is 11.1 Å². The Kier molecular flexibility index (Phi) is 4.63. The van der Waals surface area contributed by atoms with E-state index in [1.54, 1.807) is 31.2 Å². The van der Waals surface area contributed by atoms with Crippen molar-refractivity contribution in [3.8, 4) is 0 Å². The second kappa shape index (κ2) is 5.50. The summed E-state index contributed by atoms with van der Waals surface area (Å²) in [6.45, 7) is 2.24. The number of carbonyl (C=O) groups is 1. The van der Waals surface area contributed by atoms with Crippen LogP contribution >= 0.6 is 15.9 Å². The van der Waals surface area contributed by atoms with Gasteiger partial charge in [0.1, 0.15) is 0 Å². The Morgan fingerprint density at radius 1 is 1.37 bits per heavy atom. The molecule has 1 aromatic rings. The van der Waals surface area contributed by atoms with Crippen LogP contribution in [0.5, 0.6) is 0 Å². The van der Waals surface area contributed by atoms with E-state index in [4.69, 9.17) is 5.73 Å². The summed E-state index contributed by atoms with van der Waals surface area (Å²) in [6.07, 6.45) is -4.80. The van der Waals surface area contributed by atoms with Crippen molar-refractivity contribution in [1.29, 1.82) is 0 Å². The summed E-state index contributed by atoms with van der Waals surface area (Å²) in [4.78, 5) is 11.6. The summed E-state index contributed by atoms with van der Waals surface area (Å²) in [5.41, 5.74) is 2.81. The summed E-state index contributed by atoms with van der Waals surface area (Å²) in [5.74, 6) is -1.26. The fourth-order valence-electron chi connectivity index (χ4n) is 1.38. The maximum Gasteiger partial charge on any atom is 0.415 e. The number of rotatable bonds is 3. The van der Waals surface area contributed by atoms with Crippen molar-refractivity contribution in [2.24, 2.45) is 5.73 Å². The highest BCUT2D eigenvalue weighted by Gasteiger charge is 2.54. The van der Waals surface area contributed by atoms with E-state index in [0.29, 0.717) is 17.0 Å². The van der Waals surface area contributed by atoms with Crippen molar-refractivity contribution in [3.63, 3.8) is 0 Å². The summed E-state index contributed by atoms with van der Waals surface area (Å²) in [5, 5.41) is 2.27. The van der Waals surface area contributed by atoms with Crippen molar-refractivity contribution >= 4 is 21.8 Å². The van der Waals surface area contributed by atoms with Gasteiger partial charge in [-0.05, 0) is 25.5 Å². The van der Waals surface area contributed by atoms with Gasteiger partial charge in [0.05, 0.1) is 6.04 Å². The van der Waals surface area contributed by atoms with Crippen LogP contribution in [-0.2, 0) is 4.79 Å². The highest BCUT2D eigenvalue weighted by molar-refractivity contribution is 9.10. The van der Waals surface area contributed by atoms with Gasteiger partial charge in [0, 0.05) is 4.47 Å². The molecule has 0 heterocycles. The maximum absolute atomic E-state index is 12.6. The smallest absolute Gasteiger partial charge is 0.348 e. The highest BCUT2D eigenvalue weighted by Crippen LogP contribution is 2.29. The van der Waals surface area contributed by atoms with Gasteiger partial charge in [0.25, 0.3) is 0 Å². The Hall–Kier alpha value is -1.08. The molecular weight excluding hydrogens is 325 g/mol. The number of benzene rings is 1. The van der Waals surface area contributed by atoms with Crippen molar-refractivity contribution < 1.29 is 18.0 Å². The molecule has 0 aliphatic rings. The molecule has 1 rings (SSSR count). The van der Waals surface area contributed by atoms with Gasteiger partial charge in [-0.25, -0.2) is 0 Å².